The van der Waals surface area contributed by atoms with Crippen LogP contribution >= 0.6 is 0 Å². The Kier molecular flexibility index (Phi) is 2.65. The van der Waals surface area contributed by atoms with Crippen LogP contribution in [-0.4, -0.2) is 35.0 Å². The first-order chi connectivity index (χ1) is 5.29. The summed E-state index contributed by atoms with van der Waals surface area (Å²) in [7, 11) is 0. The van der Waals surface area contributed by atoms with E-state index in [0.29, 0.717) is 12.8 Å². The van der Waals surface area contributed by atoms with Gasteiger partial charge in [0.1, 0.15) is 0 Å². The average molecular weight is 155 g/mol. The lowest BCUT2D eigenvalue weighted by molar-refractivity contribution is -0.119. The van der Waals surface area contributed by atoms with Crippen LogP contribution in [0.2, 0.25) is 0 Å². The van der Waals surface area contributed by atoms with Crippen molar-refractivity contribution in [1.29, 1.82) is 0 Å². The highest BCUT2D eigenvalue weighted by atomic mass is 16.3. The number of rotatable bonds is 3. The highest BCUT2D eigenvalue weighted by Crippen LogP contribution is 2.15. The smallest absolute Gasteiger partial charge is 0.157 e. The Morgan fingerprint density at radius 3 is 3.09 bits per heavy atom. The van der Waals surface area contributed by atoms with Gasteiger partial charge in [-0.05, 0) is 12.6 Å². The normalized spacial score (nSPS) is 24.3. The van der Waals surface area contributed by atoms with Gasteiger partial charge in [-0.1, -0.05) is 6.58 Å². The summed E-state index contributed by atoms with van der Waals surface area (Å²) in [6.45, 7) is 4.43. The third-order valence-electron chi connectivity index (χ3n) is 2.03. The van der Waals surface area contributed by atoms with Gasteiger partial charge in [0.25, 0.3) is 0 Å². The van der Waals surface area contributed by atoms with E-state index in [1.807, 2.05) is 4.90 Å². The summed E-state index contributed by atoms with van der Waals surface area (Å²) >= 11 is 0. The van der Waals surface area contributed by atoms with E-state index in [9.17, 15) is 4.79 Å². The van der Waals surface area contributed by atoms with Gasteiger partial charge in [-0.2, -0.15) is 0 Å². The molecular formula is C8H13NO2. The molecule has 0 radical (unpaired) electrons. The second kappa shape index (κ2) is 3.53. The maximum atomic E-state index is 11.1. The Hall–Kier alpha value is -0.830. The van der Waals surface area contributed by atoms with Gasteiger partial charge in [-0.25, -0.2) is 0 Å². The minimum Gasteiger partial charge on any atom is -0.396 e. The number of carbonyl (C=O) groups is 1. The van der Waals surface area contributed by atoms with E-state index in [-0.39, 0.29) is 18.4 Å². The van der Waals surface area contributed by atoms with Crippen molar-refractivity contribution in [2.45, 2.75) is 18.9 Å². The maximum absolute atomic E-state index is 11.1. The summed E-state index contributed by atoms with van der Waals surface area (Å²) in [5, 5.41) is 8.64. The SMILES string of the molecule is C=CN1CCC(=O)C1CCO. The molecule has 0 spiro atoms. The molecule has 1 aliphatic heterocycles. The van der Waals surface area contributed by atoms with Crippen LogP contribution in [0.4, 0.5) is 0 Å². The minimum atomic E-state index is -0.113. The van der Waals surface area contributed by atoms with E-state index in [0.717, 1.165) is 6.54 Å². The van der Waals surface area contributed by atoms with E-state index < -0.39 is 0 Å². The highest BCUT2D eigenvalue weighted by molar-refractivity contribution is 5.86. The number of Topliss-reactive ketones (excluding diaryl/α,β-unsaturated/α-hetero) is 1. The number of carbonyl (C=O) groups excluding carboxylic acids is 1. The summed E-state index contributed by atoms with van der Waals surface area (Å²) in [5.74, 6) is 0.221. The van der Waals surface area contributed by atoms with Gasteiger partial charge in [0.2, 0.25) is 0 Å². The molecule has 1 heterocycles. The van der Waals surface area contributed by atoms with Crippen molar-refractivity contribution < 1.29 is 9.90 Å². The number of aliphatic hydroxyl groups excluding tert-OH is 1. The molecule has 0 aromatic rings. The Balaban J connectivity index is 2.55. The fourth-order valence-corrected chi connectivity index (χ4v) is 1.41. The lowest BCUT2D eigenvalue weighted by atomic mass is 10.1. The molecule has 1 aliphatic rings. The maximum Gasteiger partial charge on any atom is 0.157 e. The monoisotopic (exact) mass is 155 g/mol. The van der Waals surface area contributed by atoms with Gasteiger partial charge < -0.3 is 10.0 Å². The molecule has 11 heavy (non-hydrogen) atoms. The molecule has 0 aromatic carbocycles. The zero-order valence-corrected chi connectivity index (χ0v) is 6.49. The second-order valence-electron chi connectivity index (χ2n) is 2.66. The van der Waals surface area contributed by atoms with Crippen LogP contribution < -0.4 is 0 Å². The number of ketones is 1. The van der Waals surface area contributed by atoms with Crippen LogP contribution in [-0.2, 0) is 4.79 Å². The standard InChI is InChI=1S/C8H13NO2/c1-2-9-5-3-8(11)7(9)4-6-10/h2,7,10H,1,3-6H2. The largest absolute Gasteiger partial charge is 0.396 e. The lowest BCUT2D eigenvalue weighted by Gasteiger charge is -2.19. The zero-order chi connectivity index (χ0) is 8.27. The molecule has 1 unspecified atom stereocenters. The van der Waals surface area contributed by atoms with Gasteiger partial charge in [0.15, 0.2) is 5.78 Å². The predicted molar refractivity (Wildman–Crippen MR) is 42.0 cm³/mol. The molecule has 1 rings (SSSR count). The van der Waals surface area contributed by atoms with Gasteiger partial charge in [-0.3, -0.25) is 4.79 Å². The summed E-state index contributed by atoms with van der Waals surface area (Å²) in [6, 6.07) is -0.113. The molecular weight excluding hydrogens is 142 g/mol. The summed E-state index contributed by atoms with van der Waals surface area (Å²) in [5.41, 5.74) is 0. The summed E-state index contributed by atoms with van der Waals surface area (Å²) < 4.78 is 0. The Labute approximate surface area is 66.3 Å². The van der Waals surface area contributed by atoms with Crippen molar-refractivity contribution >= 4 is 5.78 Å². The van der Waals surface area contributed by atoms with Gasteiger partial charge >= 0.3 is 0 Å². The van der Waals surface area contributed by atoms with Crippen molar-refractivity contribution in [3.05, 3.63) is 12.8 Å². The van der Waals surface area contributed by atoms with Crippen molar-refractivity contribution in [2.75, 3.05) is 13.2 Å². The number of likely N-dealkylation sites (tertiary alicyclic amines) is 1. The minimum absolute atomic E-state index is 0.0702. The third kappa shape index (κ3) is 1.60. The Morgan fingerprint density at radius 2 is 2.55 bits per heavy atom. The van der Waals surface area contributed by atoms with Crippen LogP contribution in [0.5, 0.6) is 0 Å². The molecule has 1 N–H and O–H groups in total. The molecule has 0 saturated carbocycles. The molecule has 0 amide bonds. The summed E-state index contributed by atoms with van der Waals surface area (Å²) in [4.78, 5) is 13.0. The van der Waals surface area contributed by atoms with E-state index in [1.165, 1.54) is 0 Å². The van der Waals surface area contributed by atoms with E-state index in [1.54, 1.807) is 6.20 Å². The molecule has 1 saturated heterocycles. The summed E-state index contributed by atoms with van der Waals surface area (Å²) in [6.07, 6.45) is 2.80. The van der Waals surface area contributed by atoms with E-state index in [4.69, 9.17) is 5.11 Å². The third-order valence-corrected chi connectivity index (χ3v) is 2.03. The molecule has 1 atom stereocenters. The first-order valence-electron chi connectivity index (χ1n) is 3.81. The molecule has 0 bridgehead atoms. The molecule has 1 fully saturated rings. The predicted octanol–water partition coefficient (Wildman–Crippen LogP) is 0.156. The molecule has 0 aliphatic carbocycles. The first-order valence-corrected chi connectivity index (χ1v) is 3.81. The fourth-order valence-electron chi connectivity index (χ4n) is 1.41. The molecule has 3 heteroatoms. The molecule has 62 valence electrons. The Bertz CT molecular complexity index is 167. The van der Waals surface area contributed by atoms with Crippen LogP contribution in [0, 0.1) is 0 Å². The van der Waals surface area contributed by atoms with Crippen LogP contribution in [0.25, 0.3) is 0 Å². The Morgan fingerprint density at radius 1 is 1.82 bits per heavy atom. The number of nitrogens with zero attached hydrogens (tertiary/aromatic N) is 1. The van der Waals surface area contributed by atoms with E-state index >= 15 is 0 Å². The topological polar surface area (TPSA) is 40.5 Å². The van der Waals surface area contributed by atoms with Gasteiger partial charge in [0, 0.05) is 19.6 Å². The van der Waals surface area contributed by atoms with Crippen molar-refractivity contribution in [2.24, 2.45) is 0 Å². The first kappa shape index (κ1) is 8.27. The fraction of sp³-hybridized carbons (Fsp3) is 0.625. The number of hydrogen-bond donors (Lipinski definition) is 1. The quantitative estimate of drug-likeness (QED) is 0.631. The van der Waals surface area contributed by atoms with Gasteiger partial charge in [-0.15, -0.1) is 0 Å². The second-order valence-corrected chi connectivity index (χ2v) is 2.66. The molecule has 0 aromatic heterocycles. The molecule has 3 nitrogen and oxygen atoms in total. The van der Waals surface area contributed by atoms with Crippen molar-refractivity contribution in [3.63, 3.8) is 0 Å². The number of hydrogen-bond acceptors (Lipinski definition) is 3. The van der Waals surface area contributed by atoms with Crippen molar-refractivity contribution in [3.8, 4) is 0 Å². The van der Waals surface area contributed by atoms with Crippen LogP contribution in [0.1, 0.15) is 12.8 Å². The highest BCUT2D eigenvalue weighted by Gasteiger charge is 2.28. The van der Waals surface area contributed by atoms with Gasteiger partial charge in [0.05, 0.1) is 6.04 Å². The average Bonchev–Trinajstić information content (AvgIpc) is 2.34. The van der Waals surface area contributed by atoms with E-state index in [2.05, 4.69) is 6.58 Å². The van der Waals surface area contributed by atoms with Crippen molar-refractivity contribution in [1.82, 2.24) is 4.90 Å². The number of aliphatic hydroxyl groups is 1. The lowest BCUT2D eigenvalue weighted by Crippen LogP contribution is -2.29. The zero-order valence-electron chi connectivity index (χ0n) is 6.49. The van der Waals surface area contributed by atoms with Crippen LogP contribution in [0.3, 0.4) is 0 Å². The van der Waals surface area contributed by atoms with Crippen LogP contribution in [0.15, 0.2) is 12.8 Å².